The van der Waals surface area contributed by atoms with Crippen LogP contribution >= 0.6 is 0 Å². The van der Waals surface area contributed by atoms with E-state index in [1.165, 1.54) is 0 Å². The molecule has 0 aliphatic heterocycles. The van der Waals surface area contributed by atoms with E-state index >= 15 is 0 Å². The van der Waals surface area contributed by atoms with Gasteiger partial charge in [0.2, 0.25) is 0 Å². The van der Waals surface area contributed by atoms with Crippen LogP contribution in [-0.4, -0.2) is 9.38 Å². The molecule has 18 heavy (non-hydrogen) atoms. The van der Waals surface area contributed by atoms with Crippen molar-refractivity contribution in [3.05, 3.63) is 70.8 Å². The molecule has 0 aliphatic carbocycles. The molecule has 0 saturated carbocycles. The molecule has 2 heterocycles. The summed E-state index contributed by atoms with van der Waals surface area (Å²) in [6, 6.07) is 13.4. The Labute approximate surface area is 104 Å². The number of rotatable bonds is 1. The van der Waals surface area contributed by atoms with Gasteiger partial charge in [0.1, 0.15) is 5.65 Å². The molecule has 0 aliphatic rings. The first kappa shape index (κ1) is 10.7. The van der Waals surface area contributed by atoms with Crippen molar-refractivity contribution in [2.24, 2.45) is 0 Å². The van der Waals surface area contributed by atoms with Crippen LogP contribution < -0.4 is 5.56 Å². The fraction of sp³-hybridized carbons (Fsp3) is 0.0667. The summed E-state index contributed by atoms with van der Waals surface area (Å²) in [5.41, 5.74) is 3.19. The van der Waals surface area contributed by atoms with Crippen LogP contribution in [0.4, 0.5) is 0 Å². The highest BCUT2D eigenvalue weighted by Gasteiger charge is 2.07. The van der Waals surface area contributed by atoms with Gasteiger partial charge in [0.25, 0.3) is 5.56 Å². The summed E-state index contributed by atoms with van der Waals surface area (Å²) in [7, 11) is 0. The minimum Gasteiger partial charge on any atom is -0.268 e. The fourth-order valence-electron chi connectivity index (χ4n) is 2.06. The monoisotopic (exact) mass is 236 g/mol. The molecule has 0 amide bonds. The molecule has 3 heteroatoms. The van der Waals surface area contributed by atoms with Crippen molar-refractivity contribution in [2.45, 2.75) is 6.92 Å². The zero-order chi connectivity index (χ0) is 12.5. The van der Waals surface area contributed by atoms with Gasteiger partial charge in [0.05, 0.1) is 5.56 Å². The highest BCUT2D eigenvalue weighted by atomic mass is 16.1. The van der Waals surface area contributed by atoms with Gasteiger partial charge in [-0.3, -0.25) is 9.20 Å². The number of hydrogen-bond acceptors (Lipinski definition) is 2. The van der Waals surface area contributed by atoms with E-state index in [2.05, 4.69) is 4.98 Å². The molecule has 0 unspecified atom stereocenters. The lowest BCUT2D eigenvalue weighted by molar-refractivity contribution is 1.04. The summed E-state index contributed by atoms with van der Waals surface area (Å²) >= 11 is 0. The van der Waals surface area contributed by atoms with E-state index in [-0.39, 0.29) is 5.56 Å². The Morgan fingerprint density at radius 1 is 1.06 bits per heavy atom. The number of aromatic nitrogens is 2. The summed E-state index contributed by atoms with van der Waals surface area (Å²) in [6.45, 7) is 1.95. The lowest BCUT2D eigenvalue weighted by atomic mass is 10.1. The van der Waals surface area contributed by atoms with Crippen LogP contribution in [0.25, 0.3) is 16.8 Å². The highest BCUT2D eigenvalue weighted by Crippen LogP contribution is 2.14. The second-order valence-corrected chi connectivity index (χ2v) is 4.23. The first-order valence-electron chi connectivity index (χ1n) is 5.80. The fourth-order valence-corrected chi connectivity index (χ4v) is 2.06. The van der Waals surface area contributed by atoms with Gasteiger partial charge in [-0.2, -0.15) is 0 Å². The van der Waals surface area contributed by atoms with E-state index in [1.54, 1.807) is 16.8 Å². The molecule has 3 rings (SSSR count). The quantitative estimate of drug-likeness (QED) is 0.651. The molecular weight excluding hydrogens is 224 g/mol. The third kappa shape index (κ3) is 1.61. The first-order chi connectivity index (χ1) is 8.77. The molecule has 0 spiro atoms. The number of nitrogens with zero attached hydrogens (tertiary/aromatic N) is 2. The third-order valence-electron chi connectivity index (χ3n) is 3.01. The van der Waals surface area contributed by atoms with Gasteiger partial charge in [-0.1, -0.05) is 36.4 Å². The summed E-state index contributed by atoms with van der Waals surface area (Å²) in [6.07, 6.45) is 3.41. The highest BCUT2D eigenvalue weighted by molar-refractivity contribution is 5.63. The van der Waals surface area contributed by atoms with Crippen molar-refractivity contribution < 1.29 is 0 Å². The lowest BCUT2D eigenvalue weighted by Crippen LogP contribution is -2.17. The van der Waals surface area contributed by atoms with Gasteiger partial charge < -0.3 is 0 Å². The Bertz CT molecular complexity index is 760. The molecule has 0 saturated heterocycles. The number of hydrogen-bond donors (Lipinski definition) is 0. The average Bonchev–Trinajstić information content (AvgIpc) is 2.41. The van der Waals surface area contributed by atoms with Gasteiger partial charge in [0.15, 0.2) is 0 Å². The Morgan fingerprint density at radius 2 is 1.83 bits per heavy atom. The zero-order valence-corrected chi connectivity index (χ0v) is 10.00. The smallest absolute Gasteiger partial charge is 0.265 e. The maximum absolute atomic E-state index is 12.4. The Balaban J connectivity index is 2.35. The Hall–Kier alpha value is -2.42. The number of aryl methyl sites for hydroxylation is 1. The Kier molecular flexibility index (Phi) is 2.45. The molecule has 3 aromatic rings. The summed E-state index contributed by atoms with van der Waals surface area (Å²) in [4.78, 5) is 16.8. The van der Waals surface area contributed by atoms with E-state index < -0.39 is 0 Å². The molecule has 0 radical (unpaired) electrons. The van der Waals surface area contributed by atoms with E-state index in [9.17, 15) is 4.79 Å². The maximum atomic E-state index is 12.4. The largest absolute Gasteiger partial charge is 0.268 e. The first-order valence-corrected chi connectivity index (χ1v) is 5.80. The number of fused-ring (bicyclic) bond motifs is 1. The van der Waals surface area contributed by atoms with E-state index in [0.717, 1.165) is 11.1 Å². The zero-order valence-electron chi connectivity index (χ0n) is 10.00. The van der Waals surface area contributed by atoms with Crippen molar-refractivity contribution in [3.8, 4) is 11.1 Å². The predicted molar refractivity (Wildman–Crippen MR) is 71.6 cm³/mol. The van der Waals surface area contributed by atoms with Crippen LogP contribution in [0.2, 0.25) is 0 Å². The summed E-state index contributed by atoms with van der Waals surface area (Å²) < 4.78 is 1.59. The summed E-state index contributed by atoms with van der Waals surface area (Å²) in [5.74, 6) is 0. The molecule has 1 aromatic carbocycles. The Morgan fingerprint density at radius 3 is 2.61 bits per heavy atom. The van der Waals surface area contributed by atoms with Crippen molar-refractivity contribution in [2.75, 3.05) is 0 Å². The topological polar surface area (TPSA) is 34.4 Å². The minimum absolute atomic E-state index is 0.0325. The molecule has 0 atom stereocenters. The summed E-state index contributed by atoms with van der Waals surface area (Å²) in [5, 5.41) is 0. The third-order valence-corrected chi connectivity index (χ3v) is 3.01. The number of pyridine rings is 1. The average molecular weight is 236 g/mol. The second-order valence-electron chi connectivity index (χ2n) is 4.23. The molecule has 3 nitrogen and oxygen atoms in total. The van der Waals surface area contributed by atoms with Gasteiger partial charge in [-0.25, -0.2) is 4.98 Å². The van der Waals surface area contributed by atoms with Crippen molar-refractivity contribution >= 4 is 5.65 Å². The standard InChI is InChI=1S/C15H12N2O/c1-11-6-5-9-17-14(11)16-10-13(15(17)18)12-7-3-2-4-8-12/h2-10H,1H3. The van der Waals surface area contributed by atoms with Gasteiger partial charge in [0, 0.05) is 12.4 Å². The van der Waals surface area contributed by atoms with Crippen LogP contribution in [-0.2, 0) is 0 Å². The van der Waals surface area contributed by atoms with Crippen LogP contribution in [0.15, 0.2) is 59.7 Å². The molecule has 0 N–H and O–H groups in total. The normalized spacial score (nSPS) is 10.7. The predicted octanol–water partition coefficient (Wildman–Crippen LogP) is 2.67. The maximum Gasteiger partial charge on any atom is 0.265 e. The van der Waals surface area contributed by atoms with Crippen molar-refractivity contribution in [1.29, 1.82) is 0 Å². The number of benzene rings is 1. The van der Waals surface area contributed by atoms with Crippen LogP contribution in [0.1, 0.15) is 5.56 Å². The van der Waals surface area contributed by atoms with Gasteiger partial charge >= 0.3 is 0 Å². The van der Waals surface area contributed by atoms with E-state index in [4.69, 9.17) is 0 Å². The molecule has 0 fully saturated rings. The van der Waals surface area contributed by atoms with Crippen molar-refractivity contribution in [3.63, 3.8) is 0 Å². The van der Waals surface area contributed by atoms with Crippen LogP contribution in [0, 0.1) is 6.92 Å². The minimum atomic E-state index is -0.0325. The van der Waals surface area contributed by atoms with Crippen LogP contribution in [0.5, 0.6) is 0 Å². The lowest BCUT2D eigenvalue weighted by Gasteiger charge is -2.05. The second kappa shape index (κ2) is 4.11. The van der Waals surface area contributed by atoms with Crippen LogP contribution in [0.3, 0.4) is 0 Å². The van der Waals surface area contributed by atoms with E-state index in [1.807, 2.05) is 49.4 Å². The molecule has 2 aromatic heterocycles. The van der Waals surface area contributed by atoms with E-state index in [0.29, 0.717) is 11.2 Å². The SMILES string of the molecule is Cc1cccn2c(=O)c(-c3ccccc3)cnc12. The molecular formula is C15H12N2O. The van der Waals surface area contributed by atoms with Crippen molar-refractivity contribution in [1.82, 2.24) is 9.38 Å². The van der Waals surface area contributed by atoms with Gasteiger partial charge in [-0.15, -0.1) is 0 Å². The van der Waals surface area contributed by atoms with Gasteiger partial charge in [-0.05, 0) is 24.1 Å². The molecule has 88 valence electrons. The molecule has 0 bridgehead atoms.